The van der Waals surface area contributed by atoms with Crippen LogP contribution in [0.2, 0.25) is 0 Å². The topological polar surface area (TPSA) is 58.6 Å². The van der Waals surface area contributed by atoms with Crippen LogP contribution in [0.1, 0.15) is 31.7 Å². The molecule has 2 atom stereocenters. The summed E-state index contributed by atoms with van der Waals surface area (Å²) in [4.78, 5) is 26.3. The summed E-state index contributed by atoms with van der Waals surface area (Å²) < 4.78 is 18.6. The van der Waals surface area contributed by atoms with Crippen molar-refractivity contribution in [3.63, 3.8) is 0 Å². The van der Waals surface area contributed by atoms with Crippen LogP contribution in [-0.4, -0.2) is 36.1 Å². The Hall–Kier alpha value is -1.95. The number of urea groups is 1. The lowest BCUT2D eigenvalue weighted by Crippen LogP contribution is -2.44. The molecule has 0 spiro atoms. The number of rotatable bonds is 4. The van der Waals surface area contributed by atoms with E-state index in [9.17, 15) is 14.0 Å². The van der Waals surface area contributed by atoms with Crippen LogP contribution in [0.4, 0.5) is 9.18 Å². The molecule has 118 valence electrons. The van der Waals surface area contributed by atoms with Crippen molar-refractivity contribution in [3.05, 3.63) is 35.6 Å². The van der Waals surface area contributed by atoms with Crippen molar-refractivity contribution < 1.29 is 18.7 Å². The Labute approximate surface area is 128 Å². The maximum Gasteiger partial charge on any atom is 0.325 e. The molecule has 3 amide bonds. The number of hydrogen-bond acceptors (Lipinski definition) is 3. The minimum Gasteiger partial charge on any atom is -0.376 e. The first kappa shape index (κ1) is 15.0. The second-order valence-electron chi connectivity index (χ2n) is 5.75. The van der Waals surface area contributed by atoms with E-state index in [1.807, 2.05) is 6.92 Å². The maximum absolute atomic E-state index is 13.1. The van der Waals surface area contributed by atoms with Crippen LogP contribution in [0.3, 0.4) is 0 Å². The minimum absolute atomic E-state index is 0.0874. The summed E-state index contributed by atoms with van der Waals surface area (Å²) in [5, 5.41) is 2.79. The Kier molecular flexibility index (Phi) is 3.87. The molecule has 0 aromatic heterocycles. The number of carbonyl (C=O) groups is 2. The Morgan fingerprint density at radius 2 is 2.09 bits per heavy atom. The number of nitrogens with one attached hydrogen (secondary N) is 1. The summed E-state index contributed by atoms with van der Waals surface area (Å²) in [5.41, 5.74) is -0.506. The number of amides is 3. The molecule has 2 aliphatic heterocycles. The molecule has 0 radical (unpaired) electrons. The monoisotopic (exact) mass is 306 g/mol. The van der Waals surface area contributed by atoms with Crippen LogP contribution in [0.5, 0.6) is 0 Å². The molecule has 2 unspecified atom stereocenters. The first-order valence-electron chi connectivity index (χ1n) is 7.58. The lowest BCUT2D eigenvalue weighted by Gasteiger charge is -2.26. The van der Waals surface area contributed by atoms with Crippen molar-refractivity contribution in [1.29, 1.82) is 0 Å². The predicted molar refractivity (Wildman–Crippen MR) is 77.6 cm³/mol. The van der Waals surface area contributed by atoms with Crippen molar-refractivity contribution in [2.45, 2.75) is 37.8 Å². The lowest BCUT2D eigenvalue weighted by molar-refractivity contribution is -0.132. The average molecular weight is 306 g/mol. The van der Waals surface area contributed by atoms with Gasteiger partial charge in [0.2, 0.25) is 0 Å². The summed E-state index contributed by atoms with van der Waals surface area (Å²) in [6.07, 6.45) is 2.12. The first-order chi connectivity index (χ1) is 10.6. The molecule has 3 rings (SSSR count). The number of ether oxygens (including phenoxy) is 1. The molecule has 1 N–H and O–H groups in total. The van der Waals surface area contributed by atoms with Crippen LogP contribution in [0.25, 0.3) is 0 Å². The van der Waals surface area contributed by atoms with Crippen LogP contribution >= 0.6 is 0 Å². The molecule has 5 nitrogen and oxygen atoms in total. The van der Waals surface area contributed by atoms with E-state index < -0.39 is 11.6 Å². The van der Waals surface area contributed by atoms with Gasteiger partial charge in [-0.1, -0.05) is 19.1 Å². The van der Waals surface area contributed by atoms with Crippen LogP contribution < -0.4 is 5.32 Å². The fourth-order valence-electron chi connectivity index (χ4n) is 3.16. The Morgan fingerprint density at radius 3 is 2.68 bits per heavy atom. The van der Waals surface area contributed by atoms with Crippen molar-refractivity contribution >= 4 is 11.9 Å². The second kappa shape index (κ2) is 5.68. The van der Waals surface area contributed by atoms with Crippen molar-refractivity contribution in [2.75, 3.05) is 13.2 Å². The molecule has 1 aromatic rings. The van der Waals surface area contributed by atoms with Gasteiger partial charge in [0.25, 0.3) is 5.91 Å². The molecular formula is C16H19FN2O3. The molecule has 2 fully saturated rings. The Morgan fingerprint density at radius 1 is 1.36 bits per heavy atom. The van der Waals surface area contributed by atoms with E-state index in [2.05, 4.69) is 5.32 Å². The smallest absolute Gasteiger partial charge is 0.325 e. The van der Waals surface area contributed by atoms with Crippen LogP contribution in [-0.2, 0) is 15.1 Å². The third-order valence-electron chi connectivity index (χ3n) is 4.45. The van der Waals surface area contributed by atoms with Crippen molar-refractivity contribution in [3.8, 4) is 0 Å². The number of carbonyl (C=O) groups excluding carboxylic acids is 2. The zero-order valence-corrected chi connectivity index (χ0v) is 12.5. The van der Waals surface area contributed by atoms with Gasteiger partial charge < -0.3 is 10.1 Å². The highest BCUT2D eigenvalue weighted by atomic mass is 19.1. The van der Waals surface area contributed by atoms with Gasteiger partial charge in [0, 0.05) is 6.61 Å². The lowest BCUT2D eigenvalue weighted by atomic mass is 9.87. The summed E-state index contributed by atoms with van der Waals surface area (Å²) >= 11 is 0. The molecule has 2 saturated heterocycles. The number of imide groups is 1. The molecule has 2 heterocycles. The number of halogens is 1. The molecule has 0 bridgehead atoms. The summed E-state index contributed by atoms with van der Waals surface area (Å²) in [6, 6.07) is 5.29. The van der Waals surface area contributed by atoms with Gasteiger partial charge in [-0.25, -0.2) is 9.18 Å². The largest absolute Gasteiger partial charge is 0.376 e. The fourth-order valence-corrected chi connectivity index (χ4v) is 3.16. The van der Waals surface area contributed by atoms with E-state index in [4.69, 9.17) is 4.74 Å². The molecule has 2 aliphatic rings. The van der Waals surface area contributed by atoms with E-state index in [1.54, 1.807) is 12.1 Å². The standard InChI is InChI=1S/C16H19FN2O3/c1-2-16(11-5-7-12(17)8-6-11)14(20)19(15(21)18-16)10-13-4-3-9-22-13/h5-8,13H,2-4,9-10H2,1H3,(H,18,21). The van der Waals surface area contributed by atoms with E-state index in [0.717, 1.165) is 12.8 Å². The number of benzene rings is 1. The normalized spacial score (nSPS) is 28.3. The highest BCUT2D eigenvalue weighted by molar-refractivity contribution is 6.07. The summed E-state index contributed by atoms with van der Waals surface area (Å²) in [5.74, 6) is -0.662. The van der Waals surface area contributed by atoms with Crippen LogP contribution in [0, 0.1) is 5.82 Å². The fraction of sp³-hybridized carbons (Fsp3) is 0.500. The number of nitrogens with zero attached hydrogens (tertiary/aromatic N) is 1. The van der Waals surface area contributed by atoms with Crippen molar-refractivity contribution in [2.24, 2.45) is 0 Å². The average Bonchev–Trinajstić information content (AvgIpc) is 3.11. The van der Waals surface area contributed by atoms with E-state index >= 15 is 0 Å². The number of hydrogen-bond donors (Lipinski definition) is 1. The molecule has 6 heteroatoms. The zero-order chi connectivity index (χ0) is 15.7. The molecule has 0 saturated carbocycles. The van der Waals surface area contributed by atoms with Crippen molar-refractivity contribution in [1.82, 2.24) is 10.2 Å². The second-order valence-corrected chi connectivity index (χ2v) is 5.75. The van der Waals surface area contributed by atoms with Gasteiger partial charge in [0.15, 0.2) is 0 Å². The third-order valence-corrected chi connectivity index (χ3v) is 4.45. The Balaban J connectivity index is 1.87. The Bertz CT molecular complexity index is 584. The highest BCUT2D eigenvalue weighted by Gasteiger charge is 2.51. The molecule has 0 aliphatic carbocycles. The predicted octanol–water partition coefficient (Wildman–Crippen LogP) is 2.16. The maximum atomic E-state index is 13.1. The minimum atomic E-state index is -1.11. The van der Waals surface area contributed by atoms with Gasteiger partial charge in [-0.3, -0.25) is 9.69 Å². The summed E-state index contributed by atoms with van der Waals surface area (Å²) in [7, 11) is 0. The van der Waals surface area contributed by atoms with Gasteiger partial charge in [0.1, 0.15) is 11.4 Å². The van der Waals surface area contributed by atoms with Gasteiger partial charge in [-0.2, -0.15) is 0 Å². The van der Waals surface area contributed by atoms with Gasteiger partial charge >= 0.3 is 6.03 Å². The molecule has 1 aromatic carbocycles. The zero-order valence-electron chi connectivity index (χ0n) is 12.5. The van der Waals surface area contributed by atoms with Gasteiger partial charge in [-0.05, 0) is 37.0 Å². The van der Waals surface area contributed by atoms with Gasteiger partial charge in [-0.15, -0.1) is 0 Å². The third kappa shape index (κ3) is 2.37. The highest BCUT2D eigenvalue weighted by Crippen LogP contribution is 2.33. The van der Waals surface area contributed by atoms with E-state index in [1.165, 1.54) is 17.0 Å². The first-order valence-corrected chi connectivity index (χ1v) is 7.58. The van der Waals surface area contributed by atoms with E-state index in [0.29, 0.717) is 18.6 Å². The van der Waals surface area contributed by atoms with Crippen LogP contribution in [0.15, 0.2) is 24.3 Å². The van der Waals surface area contributed by atoms with Gasteiger partial charge in [0.05, 0.1) is 12.6 Å². The molecule has 22 heavy (non-hydrogen) atoms. The SMILES string of the molecule is CCC1(c2ccc(F)cc2)NC(=O)N(CC2CCCO2)C1=O. The molecular weight excluding hydrogens is 287 g/mol. The van der Waals surface area contributed by atoms with E-state index in [-0.39, 0.29) is 24.4 Å². The summed E-state index contributed by atoms with van der Waals surface area (Å²) in [6.45, 7) is 2.77. The quantitative estimate of drug-likeness (QED) is 0.867.